The Bertz CT molecular complexity index is 1640. The highest BCUT2D eigenvalue weighted by Crippen LogP contribution is 2.36. The molecule has 37 heavy (non-hydrogen) atoms. The monoisotopic (exact) mass is 531 g/mol. The molecule has 0 amide bonds. The first-order valence-electron chi connectivity index (χ1n) is 12.2. The quantitative estimate of drug-likeness (QED) is 0.229. The van der Waals surface area contributed by atoms with Gasteiger partial charge in [0.15, 0.2) is 5.16 Å². The van der Waals surface area contributed by atoms with Gasteiger partial charge in [0.1, 0.15) is 4.83 Å². The molecule has 0 unspecified atom stereocenters. The lowest BCUT2D eigenvalue weighted by atomic mass is 10.0. The van der Waals surface area contributed by atoms with Gasteiger partial charge in [-0.25, -0.2) is 8.97 Å². The maximum absolute atomic E-state index is 14.0. The van der Waals surface area contributed by atoms with E-state index in [9.17, 15) is 9.59 Å². The fourth-order valence-corrected chi connectivity index (χ4v) is 6.98. The van der Waals surface area contributed by atoms with Crippen LogP contribution in [0.2, 0.25) is 0 Å². The van der Waals surface area contributed by atoms with Crippen LogP contribution in [0, 0.1) is 0 Å². The summed E-state index contributed by atoms with van der Waals surface area (Å²) in [6.07, 6.45) is 0.797. The fraction of sp³-hybridized carbons (Fsp3) is 0.259. The van der Waals surface area contributed by atoms with E-state index in [1.165, 1.54) is 22.2 Å². The van der Waals surface area contributed by atoms with Crippen LogP contribution in [0.15, 0.2) is 70.6 Å². The van der Waals surface area contributed by atoms with E-state index >= 15 is 0 Å². The van der Waals surface area contributed by atoms with Gasteiger partial charge in [0, 0.05) is 24.5 Å². The molecule has 0 saturated heterocycles. The van der Waals surface area contributed by atoms with E-state index < -0.39 is 0 Å². The third kappa shape index (κ3) is 4.45. The molecule has 3 aromatic heterocycles. The minimum atomic E-state index is -0.307. The van der Waals surface area contributed by atoms with Crippen molar-refractivity contribution in [3.8, 4) is 5.69 Å². The fourth-order valence-electron chi connectivity index (χ4n) is 4.81. The van der Waals surface area contributed by atoms with Crippen molar-refractivity contribution in [2.45, 2.75) is 31.6 Å². The second kappa shape index (κ2) is 10.1. The number of para-hydroxylation sites is 1. The van der Waals surface area contributed by atoms with Crippen LogP contribution in [0.1, 0.15) is 22.9 Å². The SMILES string of the molecule is CCOC(=O)CSc1nnc2n(-c3ccccc3)c(=O)c3c4c(sc3n12)CN(Cc1ccccc1)CC4. The van der Waals surface area contributed by atoms with Crippen LogP contribution in [0.3, 0.4) is 0 Å². The highest BCUT2D eigenvalue weighted by molar-refractivity contribution is 7.99. The van der Waals surface area contributed by atoms with Crippen LogP contribution in [0.25, 0.3) is 21.7 Å². The lowest BCUT2D eigenvalue weighted by Crippen LogP contribution is -2.30. The number of hydrogen-bond acceptors (Lipinski definition) is 8. The van der Waals surface area contributed by atoms with Gasteiger partial charge < -0.3 is 4.74 Å². The normalized spacial score (nSPS) is 13.8. The first-order chi connectivity index (χ1) is 18.1. The smallest absolute Gasteiger partial charge is 0.316 e. The zero-order valence-corrected chi connectivity index (χ0v) is 21.9. The molecule has 4 heterocycles. The molecule has 0 fully saturated rings. The van der Waals surface area contributed by atoms with E-state index in [4.69, 9.17) is 4.74 Å². The molecule has 0 bridgehead atoms. The maximum Gasteiger partial charge on any atom is 0.316 e. The molecule has 10 heteroatoms. The van der Waals surface area contributed by atoms with E-state index in [0.29, 0.717) is 22.9 Å². The summed E-state index contributed by atoms with van der Waals surface area (Å²) in [5.74, 6) is 0.255. The van der Waals surface area contributed by atoms with Crippen LogP contribution in [-0.4, -0.2) is 48.9 Å². The summed E-state index contributed by atoms with van der Waals surface area (Å²) in [6.45, 7) is 4.64. The molecule has 0 spiro atoms. The molecule has 0 saturated carbocycles. The summed E-state index contributed by atoms with van der Waals surface area (Å²) in [7, 11) is 0. The molecule has 0 aliphatic carbocycles. The predicted octanol–water partition coefficient (Wildman–Crippen LogP) is 4.31. The minimum Gasteiger partial charge on any atom is -0.465 e. The largest absolute Gasteiger partial charge is 0.465 e. The molecule has 5 aromatic rings. The standard InChI is InChI=1S/C27H25N5O3S2/c1-2-35-22(33)17-36-27-29-28-26-31(19-11-7-4-8-12-19)24(34)23-20-13-14-30(15-18-9-5-3-6-10-18)16-21(20)37-25(23)32(26)27/h3-12H,2,13-17H2,1H3. The summed E-state index contributed by atoms with van der Waals surface area (Å²) < 4.78 is 8.66. The molecule has 6 rings (SSSR count). The number of carbonyl (C=O) groups excluding carboxylic acids is 1. The van der Waals surface area contributed by atoms with Crippen LogP contribution >= 0.6 is 23.1 Å². The summed E-state index contributed by atoms with van der Waals surface area (Å²) in [6, 6.07) is 20.0. The Kier molecular flexibility index (Phi) is 6.54. The molecule has 0 radical (unpaired) electrons. The van der Waals surface area contributed by atoms with Crippen molar-refractivity contribution in [3.63, 3.8) is 0 Å². The van der Waals surface area contributed by atoms with Gasteiger partial charge in [0.2, 0.25) is 5.78 Å². The molecule has 0 atom stereocenters. The molecule has 1 aliphatic rings. The number of aromatic nitrogens is 4. The van der Waals surface area contributed by atoms with Gasteiger partial charge in [-0.3, -0.25) is 14.5 Å². The Morgan fingerprint density at radius 3 is 2.59 bits per heavy atom. The highest BCUT2D eigenvalue weighted by atomic mass is 32.2. The van der Waals surface area contributed by atoms with E-state index in [1.807, 2.05) is 40.8 Å². The first kappa shape index (κ1) is 23.9. The number of ether oxygens (including phenoxy) is 1. The van der Waals surface area contributed by atoms with Crippen molar-refractivity contribution in [2.24, 2.45) is 0 Å². The molecule has 0 N–H and O–H groups in total. The average molecular weight is 532 g/mol. The van der Waals surface area contributed by atoms with E-state index in [1.54, 1.807) is 22.8 Å². The zero-order valence-electron chi connectivity index (χ0n) is 20.3. The van der Waals surface area contributed by atoms with Crippen LogP contribution < -0.4 is 5.56 Å². The topological polar surface area (TPSA) is 81.7 Å². The van der Waals surface area contributed by atoms with Gasteiger partial charge in [-0.1, -0.05) is 60.3 Å². The number of fused-ring (bicyclic) bond motifs is 5. The number of benzene rings is 2. The van der Waals surface area contributed by atoms with Gasteiger partial charge >= 0.3 is 5.97 Å². The van der Waals surface area contributed by atoms with Crippen molar-refractivity contribution >= 4 is 45.1 Å². The van der Waals surface area contributed by atoms with Crippen molar-refractivity contribution in [2.75, 3.05) is 18.9 Å². The number of rotatable bonds is 7. The van der Waals surface area contributed by atoms with E-state index in [-0.39, 0.29) is 17.3 Å². The van der Waals surface area contributed by atoms with Crippen molar-refractivity contribution < 1.29 is 9.53 Å². The Labute approximate surface area is 221 Å². The van der Waals surface area contributed by atoms with Crippen molar-refractivity contribution in [1.29, 1.82) is 0 Å². The van der Waals surface area contributed by atoms with E-state index in [2.05, 4.69) is 39.4 Å². The summed E-state index contributed by atoms with van der Waals surface area (Å²) in [5.41, 5.74) is 3.03. The second-order valence-corrected chi connectivity index (χ2v) is 10.8. The van der Waals surface area contributed by atoms with Gasteiger partial charge in [-0.2, -0.15) is 0 Å². The van der Waals surface area contributed by atoms with Crippen LogP contribution in [0.4, 0.5) is 0 Å². The maximum atomic E-state index is 14.0. The number of carbonyl (C=O) groups is 1. The Morgan fingerprint density at radius 2 is 1.84 bits per heavy atom. The molecule has 2 aromatic carbocycles. The number of thioether (sulfide) groups is 1. The van der Waals surface area contributed by atoms with Crippen molar-refractivity contribution in [3.05, 3.63) is 87.0 Å². The second-order valence-electron chi connectivity index (χ2n) is 8.82. The average Bonchev–Trinajstić information content (AvgIpc) is 3.50. The number of hydrogen-bond donors (Lipinski definition) is 0. The Hall–Kier alpha value is -3.47. The van der Waals surface area contributed by atoms with Gasteiger partial charge in [-0.05, 0) is 36.6 Å². The zero-order chi connectivity index (χ0) is 25.4. The van der Waals surface area contributed by atoms with Crippen molar-refractivity contribution in [1.82, 2.24) is 24.1 Å². The summed E-state index contributed by atoms with van der Waals surface area (Å²) in [5, 5.41) is 10.1. The predicted molar refractivity (Wildman–Crippen MR) is 146 cm³/mol. The van der Waals surface area contributed by atoms with Crippen LogP contribution in [0.5, 0.6) is 0 Å². The molecule has 1 aliphatic heterocycles. The third-order valence-electron chi connectivity index (χ3n) is 6.44. The highest BCUT2D eigenvalue weighted by Gasteiger charge is 2.28. The lowest BCUT2D eigenvalue weighted by Gasteiger charge is -2.26. The van der Waals surface area contributed by atoms with Gasteiger partial charge in [-0.15, -0.1) is 21.5 Å². The molecule has 188 valence electrons. The number of nitrogens with zero attached hydrogens (tertiary/aromatic N) is 5. The molecular weight excluding hydrogens is 506 g/mol. The summed E-state index contributed by atoms with van der Waals surface area (Å²) in [4.78, 5) is 30.5. The Morgan fingerprint density at radius 1 is 1.08 bits per heavy atom. The summed E-state index contributed by atoms with van der Waals surface area (Å²) >= 11 is 2.90. The van der Waals surface area contributed by atoms with Gasteiger partial charge in [0.05, 0.1) is 23.4 Å². The van der Waals surface area contributed by atoms with Crippen LogP contribution in [-0.2, 0) is 29.0 Å². The Balaban J connectivity index is 1.48. The van der Waals surface area contributed by atoms with E-state index in [0.717, 1.165) is 42.1 Å². The first-order valence-corrected chi connectivity index (χ1v) is 14.0. The lowest BCUT2D eigenvalue weighted by molar-refractivity contribution is -0.139. The van der Waals surface area contributed by atoms with Gasteiger partial charge in [0.25, 0.3) is 5.56 Å². The number of esters is 1. The molecule has 8 nitrogen and oxygen atoms in total. The minimum absolute atomic E-state index is 0.0861. The molecular formula is C27H25N5O3S2. The third-order valence-corrected chi connectivity index (χ3v) is 8.55. The number of thiophene rings is 1.